The summed E-state index contributed by atoms with van der Waals surface area (Å²) in [7, 11) is -3.62. The van der Waals surface area contributed by atoms with E-state index in [2.05, 4.69) is 9.93 Å². The van der Waals surface area contributed by atoms with Crippen LogP contribution in [0.5, 0.6) is 0 Å². The third kappa shape index (κ3) is 3.92. The molecule has 4 nitrogen and oxygen atoms in total. The van der Waals surface area contributed by atoms with Crippen LogP contribution in [-0.4, -0.2) is 14.1 Å². The smallest absolute Gasteiger partial charge is 0.200 e. The van der Waals surface area contributed by atoms with Gasteiger partial charge >= 0.3 is 0 Å². The highest BCUT2D eigenvalue weighted by Gasteiger charge is 2.12. The maximum absolute atomic E-state index is 12.1. The van der Waals surface area contributed by atoms with Crippen molar-refractivity contribution in [3.8, 4) is 0 Å². The number of sulfonamides is 1. The number of benzene rings is 2. The summed E-state index contributed by atoms with van der Waals surface area (Å²) in [6, 6.07) is 16.0. The van der Waals surface area contributed by atoms with Gasteiger partial charge in [0.15, 0.2) is 0 Å². The van der Waals surface area contributed by atoms with Gasteiger partial charge in [-0.05, 0) is 31.0 Å². The predicted octanol–water partition coefficient (Wildman–Crippen LogP) is 3.09. The summed E-state index contributed by atoms with van der Waals surface area (Å²) in [6.45, 7) is 3.94. The van der Waals surface area contributed by atoms with Crippen molar-refractivity contribution in [1.29, 1.82) is 0 Å². The van der Waals surface area contributed by atoms with Crippen LogP contribution in [0.25, 0.3) is 0 Å². The first-order valence-electron chi connectivity index (χ1n) is 6.73. The third-order valence-corrected chi connectivity index (χ3v) is 4.30. The Bertz CT molecular complexity index is 721. The molecular formula is C16H18N2O2S. The van der Waals surface area contributed by atoms with Crippen LogP contribution in [0.3, 0.4) is 0 Å². The molecule has 0 radical (unpaired) electrons. The Hall–Kier alpha value is -2.14. The highest BCUT2D eigenvalue weighted by Crippen LogP contribution is 2.09. The van der Waals surface area contributed by atoms with Crippen LogP contribution in [0.4, 0.5) is 0 Å². The van der Waals surface area contributed by atoms with E-state index in [0.717, 1.165) is 11.1 Å². The molecule has 2 aromatic carbocycles. The molecule has 0 bridgehead atoms. The molecule has 0 aromatic heterocycles. The molecule has 0 amide bonds. The molecule has 0 aliphatic carbocycles. The average Bonchev–Trinajstić information content (AvgIpc) is 2.50. The van der Waals surface area contributed by atoms with Crippen molar-refractivity contribution in [1.82, 2.24) is 4.83 Å². The van der Waals surface area contributed by atoms with Crippen LogP contribution >= 0.6 is 0 Å². The van der Waals surface area contributed by atoms with E-state index in [1.165, 1.54) is 12.1 Å². The molecule has 0 aliphatic heterocycles. The first-order valence-corrected chi connectivity index (χ1v) is 8.21. The van der Waals surface area contributed by atoms with Gasteiger partial charge in [0.1, 0.15) is 0 Å². The molecule has 1 N–H and O–H groups in total. The normalized spacial score (nSPS) is 12.2. The van der Waals surface area contributed by atoms with Gasteiger partial charge in [-0.2, -0.15) is 18.4 Å². The van der Waals surface area contributed by atoms with Crippen LogP contribution in [-0.2, 0) is 10.0 Å². The molecular weight excluding hydrogens is 284 g/mol. The molecule has 0 saturated heterocycles. The number of nitrogens with zero attached hydrogens (tertiary/aromatic N) is 1. The first kappa shape index (κ1) is 15.3. The van der Waals surface area contributed by atoms with Crippen LogP contribution in [0, 0.1) is 6.92 Å². The zero-order valence-corrected chi connectivity index (χ0v) is 12.9. The number of hydrazone groups is 1. The third-order valence-electron chi connectivity index (χ3n) is 3.07. The summed E-state index contributed by atoms with van der Waals surface area (Å²) in [4.78, 5) is 2.50. The Kier molecular flexibility index (Phi) is 4.75. The van der Waals surface area contributed by atoms with E-state index in [-0.39, 0.29) is 4.90 Å². The van der Waals surface area contributed by atoms with Gasteiger partial charge in [-0.1, -0.05) is 55.0 Å². The number of nitrogens with one attached hydrogen (secondary N) is 1. The van der Waals surface area contributed by atoms with E-state index in [4.69, 9.17) is 0 Å². The summed E-state index contributed by atoms with van der Waals surface area (Å²) in [5.74, 6) is 0. The van der Waals surface area contributed by atoms with Crippen LogP contribution in [0.1, 0.15) is 24.5 Å². The van der Waals surface area contributed by atoms with Gasteiger partial charge in [-0.25, -0.2) is 0 Å². The number of rotatable bonds is 5. The predicted molar refractivity (Wildman–Crippen MR) is 84.8 cm³/mol. The molecule has 0 aliphatic rings. The maximum atomic E-state index is 12.1. The lowest BCUT2D eigenvalue weighted by Gasteiger charge is -2.07. The van der Waals surface area contributed by atoms with Gasteiger partial charge in [0.2, 0.25) is 0 Å². The summed E-state index contributed by atoms with van der Waals surface area (Å²) in [5.41, 5.74) is 2.77. The van der Waals surface area contributed by atoms with E-state index in [1.54, 1.807) is 18.2 Å². The number of hydrogen-bond donors (Lipinski definition) is 1. The Balaban J connectivity index is 2.24. The average molecular weight is 302 g/mol. The fourth-order valence-corrected chi connectivity index (χ4v) is 2.71. The van der Waals surface area contributed by atoms with Crippen molar-refractivity contribution in [2.24, 2.45) is 5.10 Å². The van der Waals surface area contributed by atoms with Crippen molar-refractivity contribution in [2.75, 3.05) is 0 Å². The van der Waals surface area contributed by atoms with Gasteiger partial charge in [-0.3, -0.25) is 0 Å². The summed E-state index contributed by atoms with van der Waals surface area (Å²) >= 11 is 0. The minimum absolute atomic E-state index is 0.202. The van der Waals surface area contributed by atoms with Crippen molar-refractivity contribution in [3.63, 3.8) is 0 Å². The van der Waals surface area contributed by atoms with Crippen molar-refractivity contribution >= 4 is 15.7 Å². The van der Waals surface area contributed by atoms with Crippen LogP contribution in [0.15, 0.2) is 64.6 Å². The molecule has 0 atom stereocenters. The molecule has 0 spiro atoms. The lowest BCUT2D eigenvalue weighted by atomic mass is 10.1. The second kappa shape index (κ2) is 6.54. The van der Waals surface area contributed by atoms with Crippen molar-refractivity contribution < 1.29 is 8.42 Å². The zero-order chi connectivity index (χ0) is 15.3. The molecule has 0 saturated carbocycles. The van der Waals surface area contributed by atoms with Gasteiger partial charge < -0.3 is 0 Å². The molecule has 0 unspecified atom stereocenters. The van der Waals surface area contributed by atoms with E-state index in [0.29, 0.717) is 12.1 Å². The van der Waals surface area contributed by atoms with Crippen LogP contribution < -0.4 is 4.83 Å². The standard InChI is InChI=1S/C16H18N2O2S/c1-3-16(14-11-9-13(2)10-12-14)17-18-21(19,20)15-7-5-4-6-8-15/h4-12,18H,3H2,1-2H3. The minimum atomic E-state index is -3.62. The van der Waals surface area contributed by atoms with E-state index < -0.39 is 10.0 Å². The fourth-order valence-electron chi connectivity index (χ4n) is 1.86. The SMILES string of the molecule is CCC(=NNS(=O)(=O)c1ccccc1)c1ccc(C)cc1. The highest BCUT2D eigenvalue weighted by atomic mass is 32.2. The first-order chi connectivity index (χ1) is 10.0. The number of aryl methyl sites for hydroxylation is 1. The Morgan fingerprint density at radius 3 is 2.24 bits per heavy atom. The molecule has 2 rings (SSSR count). The second-order valence-corrected chi connectivity index (χ2v) is 6.35. The largest absolute Gasteiger partial charge is 0.276 e. The van der Waals surface area contributed by atoms with Gasteiger partial charge in [0.05, 0.1) is 10.6 Å². The molecule has 21 heavy (non-hydrogen) atoms. The minimum Gasteiger partial charge on any atom is -0.200 e. The lowest BCUT2D eigenvalue weighted by Crippen LogP contribution is -2.20. The summed E-state index contributed by atoms with van der Waals surface area (Å²) in [6.07, 6.45) is 0.639. The van der Waals surface area contributed by atoms with E-state index >= 15 is 0 Å². The summed E-state index contributed by atoms with van der Waals surface area (Å²) < 4.78 is 24.2. The Morgan fingerprint density at radius 1 is 1.05 bits per heavy atom. The molecule has 2 aromatic rings. The fraction of sp³-hybridized carbons (Fsp3) is 0.188. The maximum Gasteiger partial charge on any atom is 0.276 e. The van der Waals surface area contributed by atoms with Crippen molar-refractivity contribution in [2.45, 2.75) is 25.2 Å². The topological polar surface area (TPSA) is 58.5 Å². The second-order valence-electron chi connectivity index (χ2n) is 4.69. The quantitative estimate of drug-likeness (QED) is 0.681. The molecule has 0 heterocycles. The van der Waals surface area contributed by atoms with Gasteiger partial charge in [0.25, 0.3) is 10.0 Å². The van der Waals surface area contributed by atoms with Crippen LogP contribution in [0.2, 0.25) is 0 Å². The Morgan fingerprint density at radius 2 is 1.67 bits per heavy atom. The highest BCUT2D eigenvalue weighted by molar-refractivity contribution is 7.89. The van der Waals surface area contributed by atoms with E-state index in [9.17, 15) is 8.42 Å². The molecule has 110 valence electrons. The molecule has 0 fully saturated rings. The van der Waals surface area contributed by atoms with Gasteiger partial charge in [-0.15, -0.1) is 0 Å². The zero-order valence-electron chi connectivity index (χ0n) is 12.1. The summed E-state index contributed by atoms with van der Waals surface area (Å²) in [5, 5.41) is 4.07. The van der Waals surface area contributed by atoms with E-state index in [1.807, 2.05) is 38.1 Å². The Labute approximate surface area is 125 Å². The molecule has 5 heteroatoms. The van der Waals surface area contributed by atoms with Gasteiger partial charge in [0, 0.05) is 0 Å². The van der Waals surface area contributed by atoms with Crippen molar-refractivity contribution in [3.05, 3.63) is 65.7 Å². The number of hydrogen-bond acceptors (Lipinski definition) is 3. The lowest BCUT2D eigenvalue weighted by molar-refractivity contribution is 0.584. The monoisotopic (exact) mass is 302 g/mol.